The van der Waals surface area contributed by atoms with E-state index in [0.717, 1.165) is 24.0 Å². The molecule has 1 fully saturated rings. The summed E-state index contributed by atoms with van der Waals surface area (Å²) in [5.74, 6) is 0.767. The molecule has 24 heavy (non-hydrogen) atoms. The second-order valence-electron chi connectivity index (χ2n) is 5.84. The third kappa shape index (κ3) is 5.29. The minimum absolute atomic E-state index is 0.0671. The number of nitrogens with zero attached hydrogens (tertiary/aromatic N) is 1. The smallest absolute Gasteiger partial charge is 0.243 e. The van der Waals surface area contributed by atoms with Gasteiger partial charge in [0.25, 0.3) is 0 Å². The molecule has 0 aromatic heterocycles. The molecule has 7 heteroatoms. The van der Waals surface area contributed by atoms with Crippen LogP contribution in [0.1, 0.15) is 30.9 Å². The van der Waals surface area contributed by atoms with Gasteiger partial charge in [0.2, 0.25) is 10.0 Å². The number of hydrogen-bond acceptors (Lipinski definition) is 5. The van der Waals surface area contributed by atoms with Crippen molar-refractivity contribution in [1.29, 1.82) is 0 Å². The first-order chi connectivity index (χ1) is 11.2. The highest BCUT2D eigenvalue weighted by Gasteiger charge is 2.30. The lowest BCUT2D eigenvalue weighted by atomic mass is 10.1. The highest BCUT2D eigenvalue weighted by Crippen LogP contribution is 2.29. The Labute approximate surface area is 144 Å². The van der Waals surface area contributed by atoms with Gasteiger partial charge < -0.3 is 9.47 Å². The molecule has 0 unspecified atom stereocenters. The van der Waals surface area contributed by atoms with Crippen LogP contribution < -0.4 is 4.74 Å². The maximum atomic E-state index is 12.6. The van der Waals surface area contributed by atoms with E-state index in [1.54, 1.807) is 23.5 Å². The molecule has 1 aliphatic rings. The van der Waals surface area contributed by atoms with E-state index in [0.29, 0.717) is 23.7 Å². The summed E-state index contributed by atoms with van der Waals surface area (Å²) < 4.78 is 36.3. The van der Waals surface area contributed by atoms with Gasteiger partial charge in [-0.1, -0.05) is 0 Å². The van der Waals surface area contributed by atoms with Crippen LogP contribution in [0.4, 0.5) is 0 Å². The summed E-state index contributed by atoms with van der Waals surface area (Å²) in [7, 11) is -0.260. The molecule has 0 radical (unpaired) electrons. The Hall–Kier alpha value is -1.44. The zero-order chi connectivity index (χ0) is 18.3. The number of carbonyl (C=O) groups excluding carboxylic acids is 1. The largest absolute Gasteiger partial charge is 0.497 e. The van der Waals surface area contributed by atoms with Crippen LogP contribution in [0.3, 0.4) is 0 Å². The number of benzene rings is 1. The van der Waals surface area contributed by atoms with E-state index in [2.05, 4.69) is 4.74 Å². The number of carbonyl (C=O) groups is 1. The number of Topliss-reactive ketones (excluding diaryl/α,β-unsaturated/α-hetero) is 1. The number of methoxy groups -OCH3 is 2. The Morgan fingerprint density at radius 2 is 1.62 bits per heavy atom. The van der Waals surface area contributed by atoms with Gasteiger partial charge in [-0.05, 0) is 56.9 Å². The van der Waals surface area contributed by atoms with Crippen molar-refractivity contribution in [3.63, 3.8) is 0 Å². The molecule has 1 saturated heterocycles. The molecule has 0 amide bonds. The average molecular weight is 357 g/mol. The maximum Gasteiger partial charge on any atom is 0.243 e. The molecule has 0 saturated carbocycles. The minimum atomic E-state index is -3.35. The van der Waals surface area contributed by atoms with E-state index in [1.165, 1.54) is 14.0 Å². The molecular weight excluding hydrogens is 330 g/mol. The van der Waals surface area contributed by atoms with Crippen LogP contribution in [0.25, 0.3) is 0 Å². The molecule has 0 bridgehead atoms. The fourth-order valence-electron chi connectivity index (χ4n) is 2.70. The Morgan fingerprint density at radius 1 is 1.12 bits per heavy atom. The molecule has 0 spiro atoms. The number of hydrogen-bond donors (Lipinski definition) is 0. The first-order valence-electron chi connectivity index (χ1n) is 7.87. The van der Waals surface area contributed by atoms with Crippen LogP contribution in [-0.2, 0) is 19.6 Å². The van der Waals surface area contributed by atoms with E-state index in [1.807, 2.05) is 13.8 Å². The Morgan fingerprint density at radius 3 is 1.96 bits per heavy atom. The van der Waals surface area contributed by atoms with Crippen LogP contribution in [-0.4, -0.2) is 52.4 Å². The monoisotopic (exact) mass is 357 g/mol. The number of ether oxygens (including phenoxy) is 2. The number of ketones is 1. The number of aryl methyl sites for hydroxylation is 2. The lowest BCUT2D eigenvalue weighted by molar-refractivity contribution is -0.120. The molecule has 1 aromatic carbocycles. The summed E-state index contributed by atoms with van der Waals surface area (Å²) in [5.41, 5.74) is 1.50. The Balaban J connectivity index is 0.000000413. The van der Waals surface area contributed by atoms with E-state index < -0.39 is 10.0 Å². The van der Waals surface area contributed by atoms with Gasteiger partial charge in [-0.25, -0.2) is 8.42 Å². The topological polar surface area (TPSA) is 72.9 Å². The van der Waals surface area contributed by atoms with Gasteiger partial charge in [-0.3, -0.25) is 4.79 Å². The van der Waals surface area contributed by atoms with Crippen molar-refractivity contribution in [2.24, 2.45) is 0 Å². The number of rotatable bonds is 5. The summed E-state index contributed by atoms with van der Waals surface area (Å²) in [6, 6.07) is 3.55. The third-order valence-electron chi connectivity index (χ3n) is 3.68. The average Bonchev–Trinajstić information content (AvgIpc) is 3.01. The van der Waals surface area contributed by atoms with Gasteiger partial charge in [0, 0.05) is 20.2 Å². The zero-order valence-corrected chi connectivity index (χ0v) is 15.9. The zero-order valence-electron chi connectivity index (χ0n) is 15.1. The Bertz CT molecular complexity index is 641. The van der Waals surface area contributed by atoms with Crippen molar-refractivity contribution in [2.45, 2.75) is 38.5 Å². The van der Waals surface area contributed by atoms with Crippen molar-refractivity contribution in [3.8, 4) is 5.75 Å². The molecule has 0 aliphatic carbocycles. The predicted octanol–water partition coefficient (Wildman–Crippen LogP) is 2.32. The fourth-order valence-corrected chi connectivity index (χ4v) is 4.62. The highest BCUT2D eigenvalue weighted by molar-refractivity contribution is 7.89. The summed E-state index contributed by atoms with van der Waals surface area (Å²) in [4.78, 5) is 10.4. The molecule has 1 aliphatic heterocycles. The Kier molecular flexibility index (Phi) is 7.86. The van der Waals surface area contributed by atoms with Gasteiger partial charge >= 0.3 is 0 Å². The van der Waals surface area contributed by atoms with Crippen molar-refractivity contribution >= 4 is 15.8 Å². The lowest BCUT2D eigenvalue weighted by Crippen LogP contribution is -2.29. The highest BCUT2D eigenvalue weighted by atomic mass is 32.2. The van der Waals surface area contributed by atoms with Gasteiger partial charge in [0.05, 0.1) is 12.0 Å². The molecule has 0 N–H and O–H groups in total. The molecule has 0 atom stereocenters. The van der Waals surface area contributed by atoms with Crippen molar-refractivity contribution in [2.75, 3.05) is 33.9 Å². The summed E-state index contributed by atoms with van der Waals surface area (Å²) >= 11 is 0. The summed E-state index contributed by atoms with van der Waals surface area (Å²) in [6.07, 6.45) is 1.90. The van der Waals surface area contributed by atoms with Gasteiger partial charge in [-0.2, -0.15) is 4.31 Å². The van der Waals surface area contributed by atoms with Crippen LogP contribution in [0.15, 0.2) is 17.0 Å². The standard InChI is InChI=1S/C13H19NO3S.C4H8O2/c1-10-8-12(17-3)9-11(2)13(10)18(15,16)14-6-4-5-7-14;1-4(5)3-6-2/h8-9H,4-7H2,1-3H3;3H2,1-2H3. The van der Waals surface area contributed by atoms with E-state index >= 15 is 0 Å². The molecule has 1 heterocycles. The van der Waals surface area contributed by atoms with Gasteiger partial charge in [-0.15, -0.1) is 0 Å². The number of sulfonamides is 1. The van der Waals surface area contributed by atoms with Crippen molar-refractivity contribution in [3.05, 3.63) is 23.3 Å². The summed E-state index contributed by atoms with van der Waals surface area (Å²) in [6.45, 7) is 6.63. The van der Waals surface area contributed by atoms with E-state index in [9.17, 15) is 13.2 Å². The molecule has 1 aromatic rings. The SMILES string of the molecule is COCC(C)=O.COc1cc(C)c(S(=O)(=O)N2CCCC2)c(C)c1. The lowest BCUT2D eigenvalue weighted by Gasteiger charge is -2.19. The molecule has 6 nitrogen and oxygen atoms in total. The van der Waals surface area contributed by atoms with E-state index in [-0.39, 0.29) is 12.4 Å². The maximum absolute atomic E-state index is 12.6. The van der Waals surface area contributed by atoms with Crippen LogP contribution in [0.5, 0.6) is 5.75 Å². The van der Waals surface area contributed by atoms with Crippen molar-refractivity contribution < 1.29 is 22.7 Å². The molecule has 2 rings (SSSR count). The fraction of sp³-hybridized carbons (Fsp3) is 0.588. The second kappa shape index (κ2) is 9.15. The first kappa shape index (κ1) is 20.6. The minimum Gasteiger partial charge on any atom is -0.497 e. The molecular formula is C17H27NO5S. The van der Waals surface area contributed by atoms with Crippen LogP contribution in [0, 0.1) is 13.8 Å². The quantitative estimate of drug-likeness (QED) is 0.809. The normalized spacial score (nSPS) is 14.9. The van der Waals surface area contributed by atoms with Gasteiger partial charge in [0.15, 0.2) is 5.78 Å². The van der Waals surface area contributed by atoms with Crippen molar-refractivity contribution in [1.82, 2.24) is 4.31 Å². The third-order valence-corrected chi connectivity index (χ3v) is 5.88. The first-order valence-corrected chi connectivity index (χ1v) is 9.31. The van der Waals surface area contributed by atoms with Crippen LogP contribution >= 0.6 is 0 Å². The van der Waals surface area contributed by atoms with Crippen LogP contribution in [0.2, 0.25) is 0 Å². The molecule has 136 valence electrons. The van der Waals surface area contributed by atoms with Gasteiger partial charge in [0.1, 0.15) is 12.4 Å². The summed E-state index contributed by atoms with van der Waals surface area (Å²) in [5, 5.41) is 0. The predicted molar refractivity (Wildman–Crippen MR) is 93.0 cm³/mol. The van der Waals surface area contributed by atoms with E-state index in [4.69, 9.17) is 4.74 Å². The second-order valence-corrected chi connectivity index (χ2v) is 7.71.